The lowest BCUT2D eigenvalue weighted by Gasteiger charge is -2.43. The summed E-state index contributed by atoms with van der Waals surface area (Å²) in [5, 5.41) is 12.1. The molecule has 18 heteroatoms. The number of piperidine rings is 1. The number of Topliss-reactive ketones (excluding diaryl/α,β-unsaturated/α-hetero) is 3. The van der Waals surface area contributed by atoms with E-state index in [1.54, 1.807) is 48.8 Å². The molecule has 17 nitrogen and oxygen atoms in total. The first-order valence-electron chi connectivity index (χ1n) is 29.4. The second-order valence-electron chi connectivity index (χ2n) is 25.7. The molecule has 2 bridgehead atoms. The average molecular weight is 1140 g/mol. The fourth-order valence-electron chi connectivity index (χ4n) is 11.9. The summed E-state index contributed by atoms with van der Waals surface area (Å²) in [5.74, 6) is -9.08. The molecule has 0 aromatic heterocycles. The number of ketones is 3. The van der Waals surface area contributed by atoms with Crippen molar-refractivity contribution in [2.75, 3.05) is 41.1 Å². The van der Waals surface area contributed by atoms with Crippen LogP contribution in [0.4, 0.5) is 0 Å². The molecular weight excluding hydrogens is 1040 g/mol. The molecule has 452 valence electrons. The number of aliphatic hydroxyl groups is 1. The molecule has 1 N–H and O–H groups in total. The minimum absolute atomic E-state index is 0.0263. The van der Waals surface area contributed by atoms with Crippen LogP contribution in [0.15, 0.2) is 47.6 Å². The highest BCUT2D eigenvalue weighted by molar-refractivity contribution is 6.69. The van der Waals surface area contributed by atoms with Crippen molar-refractivity contribution >= 4 is 43.5 Å². The van der Waals surface area contributed by atoms with Crippen LogP contribution in [0.5, 0.6) is 0 Å². The largest absolute Gasteiger partial charge is 0.460 e. The first-order chi connectivity index (χ1) is 37.5. The molecule has 0 radical (unpaired) electrons. The van der Waals surface area contributed by atoms with Gasteiger partial charge in [-0.25, -0.2) is 4.79 Å². The van der Waals surface area contributed by atoms with Gasteiger partial charge in [0.2, 0.25) is 5.79 Å². The van der Waals surface area contributed by atoms with Gasteiger partial charge in [-0.3, -0.25) is 24.0 Å². The first kappa shape index (κ1) is 67.1. The molecule has 15 atom stereocenters. The zero-order chi connectivity index (χ0) is 59.5. The quantitative estimate of drug-likeness (QED) is 0.0935. The van der Waals surface area contributed by atoms with E-state index >= 15 is 0 Å². The number of cyclic esters (lactones) is 1. The number of allylic oxidation sites excluding steroid dienone is 6. The Hall–Kier alpha value is -3.72. The summed E-state index contributed by atoms with van der Waals surface area (Å²) in [6.45, 7) is 25.0. The van der Waals surface area contributed by atoms with Gasteiger partial charge in [0, 0.05) is 58.5 Å². The maximum Gasteiger partial charge on any atom is 0.329 e. The molecule has 0 unspecified atom stereocenters. The number of carbonyl (C=O) groups excluding carboxylic acids is 6. The van der Waals surface area contributed by atoms with Crippen LogP contribution in [0.3, 0.4) is 0 Å². The van der Waals surface area contributed by atoms with E-state index in [9.17, 15) is 33.9 Å². The Morgan fingerprint density at radius 3 is 2.14 bits per heavy atom. The van der Waals surface area contributed by atoms with Gasteiger partial charge in [0.1, 0.15) is 35.6 Å². The first-order valence-corrected chi connectivity index (χ1v) is 32.8. The van der Waals surface area contributed by atoms with Gasteiger partial charge in [0.25, 0.3) is 11.7 Å². The van der Waals surface area contributed by atoms with Crippen LogP contribution in [0, 0.1) is 40.9 Å². The van der Waals surface area contributed by atoms with Gasteiger partial charge in [0.15, 0.2) is 19.9 Å². The lowest BCUT2D eigenvalue weighted by Crippen LogP contribution is -2.61. The maximum absolute atomic E-state index is 14.8. The van der Waals surface area contributed by atoms with E-state index in [0.717, 1.165) is 5.57 Å². The maximum atomic E-state index is 14.8. The highest BCUT2D eigenvalue weighted by Crippen LogP contribution is 2.40. The Balaban J connectivity index is 1.48. The van der Waals surface area contributed by atoms with Gasteiger partial charge in [-0.15, -0.1) is 0 Å². The molecule has 5 rings (SSSR count). The standard InChI is InChI=1S/C62H99NO16Si/c1-38-22-18-17-19-23-39(2)50(71-11)34-46-27-25-44(7)62(70,78-46)56(66)57(67)63-29-21-20-24-47(63)58(68)76-51(35-48(64)40(3)31-43(6)54(79-80(14,15)16)55(73-13)53(65)42(5)30-38)41(4)32-45-26-28-49(52(33-45)72-12)77-59(69)61(10)36-74-60(8,9)75-37-61/h17-19,22-23,31,38,40-42,44-47,49-52,54-55,70H,20-21,24-30,32-37H2,1-16H3/b19-17+,22-18+,39-23+,43-31+/t38-,40-,41-,42-,44-,45+,46+,47+,49-,50+,51+,52-,54-,55+,62-/m1/s1. The SMILES string of the molecule is CO[C@H]1C[C@@H]2CC[C@@H](C)[C@@](O)(O2)C(=O)C(=O)N2CCCC[C@H]2C(=O)O[C@H]([C@H](C)C[C@@H]2CC[C@@H](OC(=O)C3(C)COC(C)(C)OC3)[C@H](OC)C2)CC(=O)[C@H](C)/C=C(\C)[C@@H](O[Si](C)(C)C)[C@@H](OC)C(=O)[C@H](C)C[C@H](C)/C=C/C=C/C=C/1C. The van der Waals surface area contributed by atoms with Crippen molar-refractivity contribution in [3.05, 3.63) is 47.6 Å². The van der Waals surface area contributed by atoms with Crippen molar-refractivity contribution in [2.45, 2.75) is 226 Å². The summed E-state index contributed by atoms with van der Waals surface area (Å²) < 4.78 is 55.0. The van der Waals surface area contributed by atoms with E-state index in [-0.39, 0.29) is 61.9 Å². The lowest BCUT2D eigenvalue weighted by atomic mass is 9.78. The fraction of sp³-hybridized carbons (Fsp3) is 0.774. The lowest BCUT2D eigenvalue weighted by molar-refractivity contribution is -0.283. The Morgan fingerprint density at radius 2 is 1.50 bits per heavy atom. The molecule has 0 aromatic carbocycles. The van der Waals surface area contributed by atoms with E-state index in [2.05, 4.69) is 6.92 Å². The number of esters is 2. The Morgan fingerprint density at radius 1 is 0.812 bits per heavy atom. The number of amides is 1. The summed E-state index contributed by atoms with van der Waals surface area (Å²) in [6, 6.07) is -1.17. The summed E-state index contributed by atoms with van der Waals surface area (Å²) in [4.78, 5) is 87.6. The number of nitrogens with zero attached hydrogens (tertiary/aromatic N) is 1. The summed E-state index contributed by atoms with van der Waals surface area (Å²) in [7, 11) is 2.36. The third kappa shape index (κ3) is 17.9. The van der Waals surface area contributed by atoms with Crippen LogP contribution in [0.2, 0.25) is 19.6 Å². The molecule has 80 heavy (non-hydrogen) atoms. The summed E-state index contributed by atoms with van der Waals surface area (Å²) >= 11 is 0. The van der Waals surface area contributed by atoms with Gasteiger partial charge in [-0.05, 0) is 147 Å². The van der Waals surface area contributed by atoms with Crippen LogP contribution in [0.25, 0.3) is 0 Å². The number of fused-ring (bicyclic) bond motifs is 3. The predicted molar refractivity (Wildman–Crippen MR) is 305 cm³/mol. The number of hydrogen-bond acceptors (Lipinski definition) is 16. The van der Waals surface area contributed by atoms with Gasteiger partial charge in [-0.2, -0.15) is 0 Å². The van der Waals surface area contributed by atoms with E-state index < -0.39 is 115 Å². The Labute approximate surface area is 478 Å². The average Bonchev–Trinajstić information content (AvgIpc) is 3.40. The number of ether oxygens (including phenoxy) is 8. The van der Waals surface area contributed by atoms with Gasteiger partial charge < -0.3 is 52.3 Å². The molecule has 5 aliphatic rings. The molecule has 1 aliphatic carbocycles. The topological polar surface area (TPSA) is 209 Å². The van der Waals surface area contributed by atoms with Crippen LogP contribution >= 0.6 is 0 Å². The van der Waals surface area contributed by atoms with Crippen molar-refractivity contribution in [1.29, 1.82) is 0 Å². The number of rotatable bonds is 10. The predicted octanol–water partition coefficient (Wildman–Crippen LogP) is 9.38. The Bertz CT molecular complexity index is 2260. The van der Waals surface area contributed by atoms with Crippen molar-refractivity contribution in [3.63, 3.8) is 0 Å². The highest BCUT2D eigenvalue weighted by atomic mass is 28.4. The van der Waals surface area contributed by atoms with Crippen molar-refractivity contribution in [3.8, 4) is 0 Å². The zero-order valence-electron chi connectivity index (χ0n) is 51.2. The van der Waals surface area contributed by atoms with E-state index in [0.29, 0.717) is 69.8 Å². The molecule has 4 fully saturated rings. The molecule has 0 aromatic rings. The molecule has 1 saturated carbocycles. The zero-order valence-corrected chi connectivity index (χ0v) is 52.2. The smallest absolute Gasteiger partial charge is 0.329 e. The van der Waals surface area contributed by atoms with Crippen molar-refractivity contribution < 1.29 is 76.2 Å². The third-order valence-corrected chi connectivity index (χ3v) is 18.1. The van der Waals surface area contributed by atoms with Crippen LogP contribution in [-0.4, -0.2) is 155 Å². The Kier molecular flexibility index (Phi) is 24.5. The van der Waals surface area contributed by atoms with Gasteiger partial charge in [-0.1, -0.05) is 71.1 Å². The minimum Gasteiger partial charge on any atom is -0.460 e. The fourth-order valence-corrected chi connectivity index (χ4v) is 13.0. The second kappa shape index (κ2) is 29.2. The monoisotopic (exact) mass is 1140 g/mol. The normalized spacial score (nSPS) is 37.7. The third-order valence-electron chi connectivity index (χ3n) is 17.1. The molecule has 0 spiro atoms. The molecular formula is C62H99NO16Si. The molecule has 3 saturated heterocycles. The number of hydrogen-bond donors (Lipinski definition) is 1. The van der Waals surface area contributed by atoms with Gasteiger partial charge in [0.05, 0.1) is 37.6 Å². The number of carbonyl (C=O) groups is 6. The van der Waals surface area contributed by atoms with Crippen LogP contribution in [-0.2, 0) is 71.1 Å². The van der Waals surface area contributed by atoms with Crippen LogP contribution < -0.4 is 0 Å². The molecule has 4 heterocycles. The van der Waals surface area contributed by atoms with E-state index in [1.165, 1.54) is 12.0 Å². The van der Waals surface area contributed by atoms with Crippen LogP contribution in [0.1, 0.15) is 146 Å². The number of methoxy groups -OCH3 is 3. The van der Waals surface area contributed by atoms with Gasteiger partial charge >= 0.3 is 11.9 Å². The summed E-state index contributed by atoms with van der Waals surface area (Å²) in [6.07, 6.45) is 12.0. The molecule has 4 aliphatic heterocycles. The second-order valence-corrected chi connectivity index (χ2v) is 30.2. The summed E-state index contributed by atoms with van der Waals surface area (Å²) in [5.41, 5.74) is 0.561. The van der Waals surface area contributed by atoms with Crippen molar-refractivity contribution in [2.24, 2.45) is 40.9 Å². The minimum atomic E-state index is -2.45. The highest BCUT2D eigenvalue weighted by Gasteiger charge is 2.53. The van der Waals surface area contributed by atoms with E-state index in [1.807, 2.05) is 83.8 Å². The van der Waals surface area contributed by atoms with E-state index in [4.69, 9.17) is 42.3 Å². The molecule has 1 amide bonds. The van der Waals surface area contributed by atoms with Crippen molar-refractivity contribution in [1.82, 2.24) is 4.90 Å².